The van der Waals surface area contributed by atoms with Crippen molar-refractivity contribution in [3.05, 3.63) is 66.0 Å². The first-order valence-corrected chi connectivity index (χ1v) is 12.8. The smallest absolute Gasteiger partial charge is 0.326 e. The molecular formula is C25H25FN2O6S. The van der Waals surface area contributed by atoms with Crippen molar-refractivity contribution >= 4 is 32.6 Å². The zero-order valence-electron chi connectivity index (χ0n) is 18.9. The van der Waals surface area contributed by atoms with Gasteiger partial charge in [0.1, 0.15) is 30.3 Å². The van der Waals surface area contributed by atoms with Crippen LogP contribution in [0.25, 0.3) is 10.8 Å². The molecule has 0 aromatic heterocycles. The maximum atomic E-state index is 16.0. The van der Waals surface area contributed by atoms with Crippen LogP contribution in [0.2, 0.25) is 0 Å². The van der Waals surface area contributed by atoms with Crippen LogP contribution in [0.1, 0.15) is 18.4 Å². The van der Waals surface area contributed by atoms with E-state index in [-0.39, 0.29) is 29.3 Å². The summed E-state index contributed by atoms with van der Waals surface area (Å²) in [6, 6.07) is 15.8. The molecule has 0 bridgehead atoms. The minimum Gasteiger partial charge on any atom is -0.493 e. The molecule has 0 saturated carbocycles. The lowest BCUT2D eigenvalue weighted by Gasteiger charge is -2.23. The van der Waals surface area contributed by atoms with Crippen molar-refractivity contribution in [2.75, 3.05) is 30.7 Å². The van der Waals surface area contributed by atoms with E-state index in [1.807, 2.05) is 35.1 Å². The molecule has 3 aromatic carbocycles. The number of rotatable bonds is 7. The maximum absolute atomic E-state index is 16.0. The first-order valence-electron chi connectivity index (χ1n) is 11.4. The van der Waals surface area contributed by atoms with Crippen LogP contribution in [-0.4, -0.2) is 40.7 Å². The second-order valence-corrected chi connectivity index (χ2v) is 10.2. The van der Waals surface area contributed by atoms with E-state index in [4.69, 9.17) is 14.2 Å². The fourth-order valence-corrected chi connectivity index (χ4v) is 5.42. The minimum absolute atomic E-state index is 0.0203. The van der Waals surface area contributed by atoms with Gasteiger partial charge in [-0.1, -0.05) is 36.4 Å². The molecule has 0 aliphatic carbocycles. The Balaban J connectivity index is 1.51. The van der Waals surface area contributed by atoms with Crippen LogP contribution < -0.4 is 18.5 Å². The van der Waals surface area contributed by atoms with Crippen molar-refractivity contribution in [2.24, 2.45) is 5.92 Å². The Morgan fingerprint density at radius 2 is 1.94 bits per heavy atom. The first-order chi connectivity index (χ1) is 16.9. The molecule has 2 fully saturated rings. The number of hydrogen-bond donors (Lipinski definition) is 1. The van der Waals surface area contributed by atoms with Gasteiger partial charge in [-0.2, -0.15) is 8.42 Å². The number of carbonyl (C=O) groups excluding carboxylic acids is 1. The van der Waals surface area contributed by atoms with Crippen LogP contribution in [0.5, 0.6) is 11.5 Å². The molecular weight excluding hydrogens is 475 g/mol. The topological polar surface area (TPSA) is 94.2 Å². The Kier molecular flexibility index (Phi) is 6.48. The van der Waals surface area contributed by atoms with Crippen molar-refractivity contribution < 1.29 is 31.8 Å². The van der Waals surface area contributed by atoms with E-state index in [9.17, 15) is 13.2 Å². The van der Waals surface area contributed by atoms with Crippen molar-refractivity contribution in [1.82, 2.24) is 4.72 Å². The Morgan fingerprint density at radius 3 is 2.66 bits per heavy atom. The number of hydrogen-bond acceptors (Lipinski definition) is 6. The molecule has 0 spiro atoms. The molecule has 1 N–H and O–H groups in total. The number of halogens is 1. The van der Waals surface area contributed by atoms with Gasteiger partial charge >= 0.3 is 10.2 Å². The van der Waals surface area contributed by atoms with Gasteiger partial charge in [-0.25, -0.2) is 13.4 Å². The van der Waals surface area contributed by atoms with Gasteiger partial charge in [-0.15, -0.1) is 0 Å². The Labute approximate surface area is 202 Å². The number of benzene rings is 3. The quantitative estimate of drug-likeness (QED) is 0.533. The van der Waals surface area contributed by atoms with E-state index in [2.05, 4.69) is 0 Å². The molecule has 1 atom stereocenters. The summed E-state index contributed by atoms with van der Waals surface area (Å²) in [7, 11) is -4.25. The molecule has 184 valence electrons. The molecule has 0 radical (unpaired) electrons. The zero-order valence-corrected chi connectivity index (χ0v) is 19.7. The SMILES string of the molecule is O=C1CN(c2c(OCc3ccccc3)cc3ccc(OCC4CCCOC4)cc3c2F)S(=O)(=O)N1. The highest BCUT2D eigenvalue weighted by atomic mass is 32.2. The van der Waals surface area contributed by atoms with Crippen LogP contribution in [0, 0.1) is 11.7 Å². The predicted molar refractivity (Wildman–Crippen MR) is 128 cm³/mol. The normalized spacial score (nSPS) is 19.5. The van der Waals surface area contributed by atoms with Gasteiger partial charge in [-0.05, 0) is 42.0 Å². The van der Waals surface area contributed by atoms with Gasteiger partial charge in [0.25, 0.3) is 5.91 Å². The van der Waals surface area contributed by atoms with E-state index in [1.165, 1.54) is 6.07 Å². The number of carbonyl (C=O) groups is 1. The number of amides is 1. The summed E-state index contributed by atoms with van der Waals surface area (Å²) in [4.78, 5) is 11.9. The maximum Gasteiger partial charge on any atom is 0.326 e. The highest BCUT2D eigenvalue weighted by Crippen LogP contribution is 2.40. The second-order valence-electron chi connectivity index (χ2n) is 8.63. The molecule has 2 aliphatic rings. The largest absolute Gasteiger partial charge is 0.493 e. The molecule has 2 heterocycles. The van der Waals surface area contributed by atoms with Gasteiger partial charge in [0.15, 0.2) is 5.82 Å². The lowest BCUT2D eigenvalue weighted by molar-refractivity contribution is -0.117. The summed E-state index contributed by atoms with van der Waals surface area (Å²) in [5.41, 5.74) is 0.512. The standard InChI is InChI=1S/C25H25FN2O6S/c26-24-21-12-20(33-16-18-7-4-10-32-14-18)9-8-19(21)11-22(34-15-17-5-2-1-3-6-17)25(24)28-13-23(29)27-35(28,30)31/h1-3,5-6,8-9,11-12,18H,4,7,10,13-16H2,(H,27,29). The van der Waals surface area contributed by atoms with E-state index >= 15 is 4.39 Å². The Morgan fingerprint density at radius 1 is 1.11 bits per heavy atom. The Hall–Kier alpha value is -3.37. The minimum atomic E-state index is -4.25. The number of nitrogens with zero attached hydrogens (tertiary/aromatic N) is 1. The lowest BCUT2D eigenvalue weighted by atomic mass is 10.0. The molecule has 3 aromatic rings. The van der Waals surface area contributed by atoms with Crippen LogP contribution >= 0.6 is 0 Å². The number of fused-ring (bicyclic) bond motifs is 1. The molecule has 10 heteroatoms. The lowest BCUT2D eigenvalue weighted by Crippen LogP contribution is -2.30. The summed E-state index contributed by atoms with van der Waals surface area (Å²) >= 11 is 0. The summed E-state index contributed by atoms with van der Waals surface area (Å²) in [6.45, 7) is 1.38. The summed E-state index contributed by atoms with van der Waals surface area (Å²) < 4.78 is 60.9. The fraction of sp³-hybridized carbons (Fsp3) is 0.320. The fourth-order valence-electron chi connectivity index (χ4n) is 4.26. The van der Waals surface area contributed by atoms with E-state index in [1.54, 1.807) is 18.2 Å². The third kappa shape index (κ3) is 5.03. The molecule has 8 nitrogen and oxygen atoms in total. The molecule has 35 heavy (non-hydrogen) atoms. The van der Waals surface area contributed by atoms with Gasteiger partial charge in [0, 0.05) is 17.9 Å². The number of nitrogens with one attached hydrogen (secondary N) is 1. The van der Waals surface area contributed by atoms with E-state index < -0.39 is 28.5 Å². The highest BCUT2D eigenvalue weighted by molar-refractivity contribution is 7.92. The van der Waals surface area contributed by atoms with Gasteiger partial charge in [0.2, 0.25) is 0 Å². The van der Waals surface area contributed by atoms with Crippen LogP contribution in [-0.2, 0) is 26.3 Å². The molecule has 1 unspecified atom stereocenters. The van der Waals surface area contributed by atoms with Gasteiger partial charge in [-0.3, -0.25) is 4.79 Å². The predicted octanol–water partition coefficient (Wildman–Crippen LogP) is 3.54. The van der Waals surface area contributed by atoms with Crippen molar-refractivity contribution in [2.45, 2.75) is 19.4 Å². The van der Waals surface area contributed by atoms with Crippen molar-refractivity contribution in [1.29, 1.82) is 0 Å². The van der Waals surface area contributed by atoms with E-state index in [0.717, 1.165) is 25.0 Å². The Bertz CT molecular complexity index is 1340. The highest BCUT2D eigenvalue weighted by Gasteiger charge is 2.38. The number of anilines is 1. The van der Waals surface area contributed by atoms with Crippen LogP contribution in [0.15, 0.2) is 54.6 Å². The molecule has 2 aliphatic heterocycles. The van der Waals surface area contributed by atoms with Gasteiger partial charge < -0.3 is 14.2 Å². The summed E-state index contributed by atoms with van der Waals surface area (Å²) in [5.74, 6) is -0.806. The number of ether oxygens (including phenoxy) is 3. The summed E-state index contributed by atoms with van der Waals surface area (Å²) in [5, 5.41) is 0.678. The third-order valence-electron chi connectivity index (χ3n) is 6.04. The zero-order chi connectivity index (χ0) is 24.4. The van der Waals surface area contributed by atoms with Crippen LogP contribution in [0.4, 0.5) is 10.1 Å². The van der Waals surface area contributed by atoms with Crippen molar-refractivity contribution in [3.63, 3.8) is 0 Å². The third-order valence-corrected chi connectivity index (χ3v) is 7.41. The monoisotopic (exact) mass is 500 g/mol. The molecule has 5 rings (SSSR count). The second kappa shape index (κ2) is 9.71. The van der Waals surface area contributed by atoms with E-state index in [0.29, 0.717) is 28.7 Å². The molecule has 2 saturated heterocycles. The van der Waals surface area contributed by atoms with Crippen LogP contribution in [0.3, 0.4) is 0 Å². The average Bonchev–Trinajstić information content (AvgIpc) is 3.14. The van der Waals surface area contributed by atoms with Gasteiger partial charge in [0.05, 0.1) is 13.2 Å². The summed E-state index contributed by atoms with van der Waals surface area (Å²) in [6.07, 6.45) is 1.98. The first kappa shape index (κ1) is 23.4. The molecule has 1 amide bonds. The van der Waals surface area contributed by atoms with Crippen molar-refractivity contribution in [3.8, 4) is 11.5 Å². The average molecular weight is 501 g/mol.